The number of rotatable bonds is 1. The Labute approximate surface area is 94.8 Å². The second-order valence-corrected chi connectivity index (χ2v) is 5.18. The van der Waals surface area contributed by atoms with Crippen molar-refractivity contribution in [1.82, 2.24) is 4.98 Å². The maximum Gasteiger partial charge on any atom is 0.124 e. The van der Waals surface area contributed by atoms with Gasteiger partial charge in [-0.15, -0.1) is 11.3 Å². The van der Waals surface area contributed by atoms with Crippen LogP contribution in [0.3, 0.4) is 0 Å². The molecule has 78 valence electrons. The predicted octanol–water partition coefficient (Wildman–Crippen LogP) is 4.04. The number of benzene rings is 1. The van der Waals surface area contributed by atoms with Crippen molar-refractivity contribution in [2.24, 2.45) is 0 Å². The summed E-state index contributed by atoms with van der Waals surface area (Å²) in [5.41, 5.74) is 5.03. The monoisotopic (exact) mass is 217 g/mol. The second kappa shape index (κ2) is 3.78. The molecular weight excluding hydrogens is 202 g/mol. The first-order valence-electron chi connectivity index (χ1n) is 5.09. The molecule has 0 N–H and O–H groups in total. The molecule has 0 fully saturated rings. The van der Waals surface area contributed by atoms with E-state index in [2.05, 4.69) is 50.9 Å². The lowest BCUT2D eigenvalue weighted by Crippen LogP contribution is -1.84. The van der Waals surface area contributed by atoms with Gasteiger partial charge >= 0.3 is 0 Å². The molecule has 1 heterocycles. The van der Waals surface area contributed by atoms with Crippen molar-refractivity contribution in [1.29, 1.82) is 0 Å². The number of thiazole rings is 1. The molecule has 0 spiro atoms. The van der Waals surface area contributed by atoms with Gasteiger partial charge in [0.05, 0.1) is 5.69 Å². The minimum Gasteiger partial charge on any atom is -0.241 e. The van der Waals surface area contributed by atoms with Gasteiger partial charge in [-0.1, -0.05) is 23.8 Å². The molecule has 2 aromatic rings. The van der Waals surface area contributed by atoms with E-state index in [1.54, 1.807) is 11.3 Å². The van der Waals surface area contributed by atoms with Crippen LogP contribution in [0.15, 0.2) is 18.2 Å². The van der Waals surface area contributed by atoms with Crippen molar-refractivity contribution in [3.05, 3.63) is 39.9 Å². The van der Waals surface area contributed by atoms with Crippen LogP contribution in [0.2, 0.25) is 0 Å². The van der Waals surface area contributed by atoms with Crippen molar-refractivity contribution in [2.45, 2.75) is 27.7 Å². The summed E-state index contributed by atoms with van der Waals surface area (Å²) in [6, 6.07) is 6.53. The maximum atomic E-state index is 4.59. The van der Waals surface area contributed by atoms with Gasteiger partial charge < -0.3 is 0 Å². The highest BCUT2D eigenvalue weighted by Crippen LogP contribution is 2.29. The predicted molar refractivity (Wildman–Crippen MR) is 66.5 cm³/mol. The van der Waals surface area contributed by atoms with Crippen LogP contribution in [-0.4, -0.2) is 4.98 Å². The second-order valence-electron chi connectivity index (χ2n) is 3.98. The van der Waals surface area contributed by atoms with Crippen LogP contribution in [0.5, 0.6) is 0 Å². The summed E-state index contributed by atoms with van der Waals surface area (Å²) in [5.74, 6) is 0. The fraction of sp³-hybridized carbons (Fsp3) is 0.308. The molecule has 0 atom stereocenters. The number of hydrogen-bond donors (Lipinski definition) is 0. The van der Waals surface area contributed by atoms with E-state index in [0.29, 0.717) is 0 Å². The summed E-state index contributed by atoms with van der Waals surface area (Å²) in [6.45, 7) is 8.46. The van der Waals surface area contributed by atoms with E-state index in [1.807, 2.05) is 0 Å². The third-order valence-corrected chi connectivity index (χ3v) is 3.75. The molecule has 15 heavy (non-hydrogen) atoms. The molecule has 0 aliphatic rings. The lowest BCUT2D eigenvalue weighted by Gasteiger charge is -2.02. The molecule has 0 bridgehead atoms. The number of nitrogens with zero attached hydrogens (tertiary/aromatic N) is 1. The van der Waals surface area contributed by atoms with Crippen LogP contribution >= 0.6 is 11.3 Å². The van der Waals surface area contributed by atoms with Gasteiger partial charge in [-0.2, -0.15) is 0 Å². The lowest BCUT2D eigenvalue weighted by molar-refractivity contribution is 1.23. The highest BCUT2D eigenvalue weighted by atomic mass is 32.1. The Balaban J connectivity index is 2.54. The molecule has 0 saturated carbocycles. The quantitative estimate of drug-likeness (QED) is 0.702. The molecule has 0 amide bonds. The zero-order valence-corrected chi connectivity index (χ0v) is 10.4. The van der Waals surface area contributed by atoms with E-state index >= 15 is 0 Å². The van der Waals surface area contributed by atoms with Gasteiger partial charge in [0.2, 0.25) is 0 Å². The first-order valence-corrected chi connectivity index (χ1v) is 5.91. The molecule has 0 unspecified atom stereocenters. The summed E-state index contributed by atoms with van der Waals surface area (Å²) in [5, 5.41) is 1.14. The van der Waals surface area contributed by atoms with Crippen LogP contribution in [0.25, 0.3) is 10.6 Å². The summed E-state index contributed by atoms with van der Waals surface area (Å²) in [7, 11) is 0. The number of aryl methyl sites for hydroxylation is 4. The van der Waals surface area contributed by atoms with Crippen LogP contribution in [0.1, 0.15) is 21.7 Å². The van der Waals surface area contributed by atoms with Gasteiger partial charge in [-0.05, 0) is 33.3 Å². The minimum absolute atomic E-state index is 1.14. The highest BCUT2D eigenvalue weighted by Gasteiger charge is 2.08. The van der Waals surface area contributed by atoms with E-state index in [9.17, 15) is 0 Å². The molecular formula is C13H15NS. The van der Waals surface area contributed by atoms with Crippen molar-refractivity contribution in [3.8, 4) is 10.6 Å². The van der Waals surface area contributed by atoms with Crippen LogP contribution < -0.4 is 0 Å². The Bertz CT molecular complexity index is 478. The van der Waals surface area contributed by atoms with Gasteiger partial charge in [0.15, 0.2) is 0 Å². The van der Waals surface area contributed by atoms with Gasteiger partial charge in [-0.3, -0.25) is 0 Å². The molecule has 0 aliphatic carbocycles. The highest BCUT2D eigenvalue weighted by molar-refractivity contribution is 7.15. The zero-order valence-electron chi connectivity index (χ0n) is 9.59. The van der Waals surface area contributed by atoms with Crippen LogP contribution in [-0.2, 0) is 0 Å². The fourth-order valence-corrected chi connectivity index (χ4v) is 2.65. The van der Waals surface area contributed by atoms with Crippen molar-refractivity contribution in [3.63, 3.8) is 0 Å². The van der Waals surface area contributed by atoms with Gasteiger partial charge in [-0.25, -0.2) is 4.98 Å². The Kier molecular flexibility index (Phi) is 2.61. The average Bonchev–Trinajstić information content (AvgIpc) is 2.46. The number of aromatic nitrogens is 1. The van der Waals surface area contributed by atoms with Crippen molar-refractivity contribution >= 4 is 11.3 Å². The van der Waals surface area contributed by atoms with E-state index < -0.39 is 0 Å². The summed E-state index contributed by atoms with van der Waals surface area (Å²) < 4.78 is 0. The molecule has 0 radical (unpaired) electrons. The fourth-order valence-electron chi connectivity index (χ4n) is 1.64. The van der Waals surface area contributed by atoms with Gasteiger partial charge in [0.1, 0.15) is 5.01 Å². The molecule has 1 aromatic carbocycles. The first-order chi connectivity index (χ1) is 7.08. The van der Waals surface area contributed by atoms with Gasteiger partial charge in [0.25, 0.3) is 0 Å². The standard InChI is InChI=1S/C13H15NS/c1-8-5-6-12(9(2)7-8)13-14-10(3)11(4)15-13/h5-7H,1-4H3. The maximum absolute atomic E-state index is 4.59. The Morgan fingerprint density at radius 3 is 2.33 bits per heavy atom. The number of hydrogen-bond acceptors (Lipinski definition) is 2. The largest absolute Gasteiger partial charge is 0.241 e. The molecule has 1 nitrogen and oxygen atoms in total. The molecule has 1 aromatic heterocycles. The SMILES string of the molecule is Cc1ccc(-c2nc(C)c(C)s2)c(C)c1. The van der Waals surface area contributed by atoms with Crippen molar-refractivity contribution in [2.75, 3.05) is 0 Å². The molecule has 0 aliphatic heterocycles. The topological polar surface area (TPSA) is 12.9 Å². The Hall–Kier alpha value is -1.15. The summed E-state index contributed by atoms with van der Waals surface area (Å²) in [4.78, 5) is 5.90. The zero-order chi connectivity index (χ0) is 11.0. The lowest BCUT2D eigenvalue weighted by atomic mass is 10.1. The molecule has 2 rings (SSSR count). The minimum atomic E-state index is 1.14. The normalized spacial score (nSPS) is 10.7. The third-order valence-electron chi connectivity index (χ3n) is 2.64. The summed E-state index contributed by atoms with van der Waals surface area (Å²) in [6.07, 6.45) is 0. The summed E-state index contributed by atoms with van der Waals surface area (Å²) >= 11 is 1.78. The van der Waals surface area contributed by atoms with E-state index in [4.69, 9.17) is 0 Å². The molecule has 0 saturated heterocycles. The van der Waals surface area contributed by atoms with E-state index in [0.717, 1.165) is 10.7 Å². The smallest absolute Gasteiger partial charge is 0.124 e. The van der Waals surface area contributed by atoms with E-state index in [1.165, 1.54) is 21.6 Å². The average molecular weight is 217 g/mol. The first kappa shape index (κ1) is 10.4. The third kappa shape index (κ3) is 1.95. The van der Waals surface area contributed by atoms with Crippen molar-refractivity contribution < 1.29 is 0 Å². The van der Waals surface area contributed by atoms with Crippen LogP contribution in [0, 0.1) is 27.7 Å². The molecule has 2 heteroatoms. The Morgan fingerprint density at radius 2 is 1.80 bits per heavy atom. The van der Waals surface area contributed by atoms with E-state index in [-0.39, 0.29) is 0 Å². The van der Waals surface area contributed by atoms with Crippen LogP contribution in [0.4, 0.5) is 0 Å². The Morgan fingerprint density at radius 1 is 1.07 bits per heavy atom. The van der Waals surface area contributed by atoms with Gasteiger partial charge in [0, 0.05) is 10.4 Å².